The summed E-state index contributed by atoms with van der Waals surface area (Å²) in [5.74, 6) is 0. The van der Waals surface area contributed by atoms with Crippen molar-refractivity contribution in [3.05, 3.63) is 155 Å². The van der Waals surface area contributed by atoms with Crippen LogP contribution in [0.4, 0.5) is 0 Å². The van der Waals surface area contributed by atoms with Crippen molar-refractivity contribution in [3.63, 3.8) is 0 Å². The van der Waals surface area contributed by atoms with Crippen molar-refractivity contribution in [1.29, 1.82) is 0 Å². The van der Waals surface area contributed by atoms with Crippen molar-refractivity contribution in [2.75, 3.05) is 0 Å². The molecule has 37 heavy (non-hydrogen) atoms. The van der Waals surface area contributed by atoms with E-state index >= 15 is 0 Å². The van der Waals surface area contributed by atoms with E-state index in [-0.39, 0.29) is 0 Å². The summed E-state index contributed by atoms with van der Waals surface area (Å²) in [5, 5.41) is 0. The van der Waals surface area contributed by atoms with Crippen LogP contribution in [-0.2, 0) is 0 Å². The zero-order valence-electron chi connectivity index (χ0n) is 21.1. The first-order valence-electron chi connectivity index (χ1n) is 12.6. The van der Waals surface area contributed by atoms with E-state index in [1.54, 1.807) is 0 Å². The molecule has 4 aromatic carbocycles. The van der Waals surface area contributed by atoms with Gasteiger partial charge in [0.2, 0.25) is 0 Å². The molecule has 2 heteroatoms. The van der Waals surface area contributed by atoms with Crippen molar-refractivity contribution in [1.82, 2.24) is 4.98 Å². The average molecular weight is 477 g/mol. The molecule has 0 bridgehead atoms. The number of aromatic nitrogens is 1. The van der Waals surface area contributed by atoms with E-state index in [2.05, 4.69) is 146 Å². The highest BCUT2D eigenvalue weighted by Gasteiger charge is 2.19. The van der Waals surface area contributed by atoms with Gasteiger partial charge in [-0.15, -0.1) is 0 Å². The zero-order chi connectivity index (χ0) is 25.2. The molecule has 178 valence electrons. The second-order valence-corrected chi connectivity index (χ2v) is 9.56. The van der Waals surface area contributed by atoms with Gasteiger partial charge in [0.1, 0.15) is 0 Å². The molecule has 0 atom stereocenters. The van der Waals surface area contributed by atoms with Crippen molar-refractivity contribution < 1.29 is 0 Å². The summed E-state index contributed by atoms with van der Waals surface area (Å²) in [4.78, 5) is 8.84. The number of nitrogens with zero attached hydrogens (tertiary/aromatic N) is 1. The van der Waals surface area contributed by atoms with Gasteiger partial charge in [-0.2, -0.15) is 0 Å². The molecule has 1 N–H and O–H groups in total. The molecule has 1 aliphatic heterocycles. The van der Waals surface area contributed by atoms with Gasteiger partial charge in [-0.25, -0.2) is 4.99 Å². The lowest BCUT2D eigenvalue weighted by Crippen LogP contribution is -1.93. The van der Waals surface area contributed by atoms with Crippen LogP contribution in [0.25, 0.3) is 34.0 Å². The molecule has 0 aliphatic carbocycles. The lowest BCUT2D eigenvalue weighted by atomic mass is 10.00. The first-order chi connectivity index (χ1) is 18.1. The molecule has 2 nitrogen and oxygen atoms in total. The van der Waals surface area contributed by atoms with Gasteiger partial charge in [0.05, 0.1) is 11.4 Å². The summed E-state index contributed by atoms with van der Waals surface area (Å²) < 4.78 is 0. The van der Waals surface area contributed by atoms with E-state index < -0.39 is 0 Å². The molecule has 2 heterocycles. The molecule has 0 radical (unpaired) electrons. The van der Waals surface area contributed by atoms with Gasteiger partial charge >= 0.3 is 0 Å². The number of allylic oxidation sites excluding steroid dienone is 2. The minimum Gasteiger partial charge on any atom is -0.354 e. The van der Waals surface area contributed by atoms with E-state index in [1.807, 2.05) is 0 Å². The van der Waals surface area contributed by atoms with Crippen LogP contribution in [0, 0.1) is 13.8 Å². The van der Waals surface area contributed by atoms with Crippen molar-refractivity contribution in [3.8, 4) is 22.4 Å². The second-order valence-electron chi connectivity index (χ2n) is 9.56. The van der Waals surface area contributed by atoms with Crippen LogP contribution in [0.15, 0.2) is 132 Å². The molecule has 0 amide bonds. The molecule has 1 aliphatic rings. The number of H-pyrrole nitrogens is 1. The Kier molecular flexibility index (Phi) is 6.00. The van der Waals surface area contributed by atoms with Gasteiger partial charge in [-0.3, -0.25) is 0 Å². The van der Waals surface area contributed by atoms with Crippen LogP contribution < -0.4 is 0 Å². The van der Waals surface area contributed by atoms with Gasteiger partial charge in [0, 0.05) is 28.1 Å². The third kappa shape index (κ3) is 4.74. The number of benzene rings is 4. The van der Waals surface area contributed by atoms with Gasteiger partial charge in [0.15, 0.2) is 0 Å². The molecule has 5 aromatic rings. The van der Waals surface area contributed by atoms with Crippen LogP contribution in [0.3, 0.4) is 0 Å². The highest BCUT2D eigenvalue weighted by atomic mass is 14.8. The smallest absolute Gasteiger partial charge is 0.0737 e. The summed E-state index contributed by atoms with van der Waals surface area (Å²) in [7, 11) is 0. The summed E-state index contributed by atoms with van der Waals surface area (Å²) in [6, 6.07) is 40.5. The Morgan fingerprint density at radius 3 is 1.78 bits per heavy atom. The zero-order valence-corrected chi connectivity index (χ0v) is 21.1. The first-order valence-corrected chi connectivity index (χ1v) is 12.6. The number of rotatable bonds is 5. The number of hydrogen-bond acceptors (Lipinski definition) is 1. The van der Waals surface area contributed by atoms with Crippen LogP contribution >= 0.6 is 0 Å². The lowest BCUT2D eigenvalue weighted by molar-refractivity contribution is 1.35. The Morgan fingerprint density at radius 1 is 0.595 bits per heavy atom. The fourth-order valence-corrected chi connectivity index (χ4v) is 4.73. The topological polar surface area (TPSA) is 28.1 Å². The highest BCUT2D eigenvalue weighted by molar-refractivity contribution is 6.18. The molecule has 1 aromatic heterocycles. The summed E-state index contributed by atoms with van der Waals surface area (Å²) >= 11 is 0. The monoisotopic (exact) mass is 476 g/mol. The minimum atomic E-state index is 0.955. The number of hydrogen-bond donors (Lipinski definition) is 1. The molecule has 0 fully saturated rings. The Balaban J connectivity index is 1.51. The molecule has 6 rings (SSSR count). The summed E-state index contributed by atoms with van der Waals surface area (Å²) in [6.07, 6.45) is 4.40. The Morgan fingerprint density at radius 2 is 1.16 bits per heavy atom. The Bertz CT molecular complexity index is 1630. The largest absolute Gasteiger partial charge is 0.354 e. The number of aryl methyl sites for hydroxylation is 2. The molecule has 0 saturated heterocycles. The predicted molar refractivity (Wildman–Crippen MR) is 157 cm³/mol. The Labute approximate surface area is 218 Å². The fourth-order valence-electron chi connectivity index (χ4n) is 4.73. The normalized spacial score (nSPS) is 14.1. The second kappa shape index (κ2) is 9.75. The average Bonchev–Trinajstić information content (AvgIpc) is 3.56. The molecular formula is C35H28N2. The standard InChI is InChI=1S/C35H28N2/c1-24-13-17-28(18-14-24)32-21-30(26-9-5-3-6-10-26)34(36-32)23-35-31(27-11-7-4-8-12-27)22-33(37-35)29-19-15-25(2)16-20-29/h3-23,36H,1-2H3/b35-23-. The van der Waals surface area contributed by atoms with E-state index in [1.165, 1.54) is 22.3 Å². The van der Waals surface area contributed by atoms with Gasteiger partial charge in [-0.1, -0.05) is 120 Å². The quantitative estimate of drug-likeness (QED) is 0.262. The maximum Gasteiger partial charge on any atom is 0.0737 e. The Hall–Kier alpha value is -4.69. The molecule has 0 saturated carbocycles. The van der Waals surface area contributed by atoms with E-state index in [9.17, 15) is 0 Å². The SMILES string of the molecule is Cc1ccc(C2=N/C(=C\c3[nH]c(-c4ccc(C)cc4)cc3-c3ccccc3)C(c3ccccc3)=C2)cc1. The van der Waals surface area contributed by atoms with Gasteiger partial charge in [-0.05, 0) is 48.8 Å². The van der Waals surface area contributed by atoms with Crippen molar-refractivity contribution in [2.24, 2.45) is 4.99 Å². The maximum absolute atomic E-state index is 5.13. The van der Waals surface area contributed by atoms with Crippen LogP contribution in [-0.4, -0.2) is 10.7 Å². The van der Waals surface area contributed by atoms with Crippen LogP contribution in [0.2, 0.25) is 0 Å². The third-order valence-corrected chi connectivity index (χ3v) is 6.81. The van der Waals surface area contributed by atoms with E-state index in [0.29, 0.717) is 0 Å². The van der Waals surface area contributed by atoms with Gasteiger partial charge < -0.3 is 4.98 Å². The number of aromatic amines is 1. The van der Waals surface area contributed by atoms with Crippen molar-refractivity contribution in [2.45, 2.75) is 13.8 Å². The fraction of sp³-hybridized carbons (Fsp3) is 0.0571. The van der Waals surface area contributed by atoms with E-state index in [0.717, 1.165) is 45.1 Å². The van der Waals surface area contributed by atoms with Crippen LogP contribution in [0.1, 0.15) is 27.9 Å². The van der Waals surface area contributed by atoms with Crippen LogP contribution in [0.5, 0.6) is 0 Å². The number of nitrogens with one attached hydrogen (secondary N) is 1. The molecular weight excluding hydrogens is 448 g/mol. The molecule has 0 spiro atoms. The van der Waals surface area contributed by atoms with Gasteiger partial charge in [0.25, 0.3) is 0 Å². The summed E-state index contributed by atoms with van der Waals surface area (Å²) in [6.45, 7) is 4.23. The summed E-state index contributed by atoms with van der Waals surface area (Å²) in [5.41, 5.74) is 13.5. The maximum atomic E-state index is 5.13. The minimum absolute atomic E-state index is 0.955. The highest BCUT2D eigenvalue weighted by Crippen LogP contribution is 2.36. The number of aliphatic imine (C=N–C) groups is 1. The lowest BCUT2D eigenvalue weighted by Gasteiger charge is -2.05. The third-order valence-electron chi connectivity index (χ3n) is 6.81. The van der Waals surface area contributed by atoms with E-state index in [4.69, 9.17) is 4.99 Å². The predicted octanol–water partition coefficient (Wildman–Crippen LogP) is 8.89. The first kappa shape index (κ1) is 22.8. The van der Waals surface area contributed by atoms with Crippen molar-refractivity contribution >= 4 is 17.4 Å². The molecule has 0 unspecified atom stereocenters.